The molecule has 0 fully saturated rings. The molecule has 5 heteroatoms. The molecule has 0 heterocycles. The Hall–Kier alpha value is -3.73. The van der Waals surface area contributed by atoms with E-state index in [1.54, 1.807) is 12.1 Å². The SMILES string of the molecule is COC=C(C(=O)OC)c1ccccc1Oc1cccc(Nc2ccccc2)c1. The Balaban J connectivity index is 1.87. The van der Waals surface area contributed by atoms with Crippen LogP contribution in [-0.2, 0) is 14.3 Å². The van der Waals surface area contributed by atoms with E-state index in [0.717, 1.165) is 11.4 Å². The molecule has 0 saturated carbocycles. The highest BCUT2D eigenvalue weighted by molar-refractivity contribution is 6.17. The van der Waals surface area contributed by atoms with Crippen LogP contribution < -0.4 is 10.1 Å². The smallest absolute Gasteiger partial charge is 0.341 e. The Bertz CT molecular complexity index is 967. The van der Waals surface area contributed by atoms with Crippen molar-refractivity contribution in [3.05, 3.63) is 90.7 Å². The summed E-state index contributed by atoms with van der Waals surface area (Å²) >= 11 is 0. The molecule has 0 amide bonds. The molecule has 3 aromatic rings. The third kappa shape index (κ3) is 4.71. The van der Waals surface area contributed by atoms with Gasteiger partial charge in [-0.25, -0.2) is 4.79 Å². The largest absolute Gasteiger partial charge is 0.503 e. The van der Waals surface area contributed by atoms with E-state index in [9.17, 15) is 4.79 Å². The minimum Gasteiger partial charge on any atom is -0.503 e. The molecule has 0 aliphatic rings. The predicted octanol–water partition coefficient (Wildman–Crippen LogP) is 5.38. The summed E-state index contributed by atoms with van der Waals surface area (Å²) in [5.41, 5.74) is 2.73. The van der Waals surface area contributed by atoms with E-state index in [1.165, 1.54) is 20.5 Å². The lowest BCUT2D eigenvalue weighted by atomic mass is 10.1. The van der Waals surface area contributed by atoms with Crippen molar-refractivity contribution in [2.45, 2.75) is 0 Å². The van der Waals surface area contributed by atoms with Gasteiger partial charge in [0.2, 0.25) is 0 Å². The molecule has 0 bridgehead atoms. The molecule has 0 atom stereocenters. The molecule has 142 valence electrons. The number of hydrogen-bond donors (Lipinski definition) is 1. The Morgan fingerprint density at radius 2 is 1.57 bits per heavy atom. The van der Waals surface area contributed by atoms with Crippen LogP contribution in [0.4, 0.5) is 11.4 Å². The Labute approximate surface area is 164 Å². The number of nitrogens with one attached hydrogen (secondary N) is 1. The molecule has 1 N–H and O–H groups in total. The quantitative estimate of drug-likeness (QED) is 0.341. The van der Waals surface area contributed by atoms with Crippen molar-refractivity contribution in [2.75, 3.05) is 19.5 Å². The summed E-state index contributed by atoms with van der Waals surface area (Å²) in [5, 5.41) is 3.33. The Morgan fingerprint density at radius 3 is 2.32 bits per heavy atom. The molecule has 0 saturated heterocycles. The fourth-order valence-corrected chi connectivity index (χ4v) is 2.68. The first-order chi connectivity index (χ1) is 13.7. The fraction of sp³-hybridized carbons (Fsp3) is 0.0870. The van der Waals surface area contributed by atoms with E-state index < -0.39 is 5.97 Å². The minimum atomic E-state index is -0.502. The average Bonchev–Trinajstić information content (AvgIpc) is 2.73. The van der Waals surface area contributed by atoms with E-state index in [1.807, 2.05) is 66.7 Å². The maximum absolute atomic E-state index is 12.1. The lowest BCUT2D eigenvalue weighted by Gasteiger charge is -2.14. The summed E-state index contributed by atoms with van der Waals surface area (Å²) in [4.78, 5) is 12.1. The zero-order valence-corrected chi connectivity index (χ0v) is 15.7. The monoisotopic (exact) mass is 375 g/mol. The van der Waals surface area contributed by atoms with Crippen molar-refractivity contribution in [3.8, 4) is 11.5 Å². The molecule has 0 radical (unpaired) electrons. The summed E-state index contributed by atoms with van der Waals surface area (Å²) in [6.07, 6.45) is 1.35. The van der Waals surface area contributed by atoms with Crippen molar-refractivity contribution >= 4 is 22.9 Å². The number of carbonyl (C=O) groups excluding carboxylic acids is 1. The van der Waals surface area contributed by atoms with Gasteiger partial charge in [0.15, 0.2) is 0 Å². The van der Waals surface area contributed by atoms with Crippen LogP contribution in [0.3, 0.4) is 0 Å². The second-order valence-corrected chi connectivity index (χ2v) is 5.88. The third-order valence-electron chi connectivity index (χ3n) is 3.94. The highest BCUT2D eigenvalue weighted by Gasteiger charge is 2.18. The maximum Gasteiger partial charge on any atom is 0.341 e. The van der Waals surface area contributed by atoms with Gasteiger partial charge in [0.05, 0.1) is 20.5 Å². The topological polar surface area (TPSA) is 56.8 Å². The molecule has 0 aromatic heterocycles. The van der Waals surface area contributed by atoms with E-state index in [2.05, 4.69) is 5.32 Å². The van der Waals surface area contributed by atoms with Crippen molar-refractivity contribution in [3.63, 3.8) is 0 Å². The third-order valence-corrected chi connectivity index (χ3v) is 3.94. The zero-order valence-electron chi connectivity index (χ0n) is 15.7. The van der Waals surface area contributed by atoms with Crippen LogP contribution >= 0.6 is 0 Å². The molecule has 28 heavy (non-hydrogen) atoms. The molecule has 3 rings (SSSR count). The Kier molecular flexibility index (Phi) is 6.31. The first-order valence-electron chi connectivity index (χ1n) is 8.72. The van der Waals surface area contributed by atoms with Crippen molar-refractivity contribution in [1.29, 1.82) is 0 Å². The molecule has 0 spiro atoms. The molecule has 0 aliphatic heterocycles. The average molecular weight is 375 g/mol. The van der Waals surface area contributed by atoms with Crippen LogP contribution in [0.5, 0.6) is 11.5 Å². The second-order valence-electron chi connectivity index (χ2n) is 5.88. The lowest BCUT2D eigenvalue weighted by molar-refractivity contribution is -0.133. The van der Waals surface area contributed by atoms with Gasteiger partial charge < -0.3 is 19.5 Å². The summed E-state index contributed by atoms with van der Waals surface area (Å²) < 4.78 is 16.0. The van der Waals surface area contributed by atoms with E-state index in [4.69, 9.17) is 14.2 Å². The van der Waals surface area contributed by atoms with Crippen molar-refractivity contribution in [1.82, 2.24) is 0 Å². The maximum atomic E-state index is 12.1. The van der Waals surface area contributed by atoms with Crippen LogP contribution in [0, 0.1) is 0 Å². The van der Waals surface area contributed by atoms with Gasteiger partial charge in [-0.05, 0) is 30.3 Å². The zero-order chi connectivity index (χ0) is 19.8. The number of benzene rings is 3. The molecule has 5 nitrogen and oxygen atoms in total. The van der Waals surface area contributed by atoms with Gasteiger partial charge in [0.1, 0.15) is 17.1 Å². The summed E-state index contributed by atoms with van der Waals surface area (Å²) in [6.45, 7) is 0. The van der Waals surface area contributed by atoms with Gasteiger partial charge in [0, 0.05) is 23.0 Å². The van der Waals surface area contributed by atoms with Crippen molar-refractivity contribution < 1.29 is 19.0 Å². The number of carbonyl (C=O) groups is 1. The van der Waals surface area contributed by atoms with Crippen LogP contribution in [0.1, 0.15) is 5.56 Å². The van der Waals surface area contributed by atoms with Gasteiger partial charge in [-0.3, -0.25) is 0 Å². The first-order valence-corrected chi connectivity index (χ1v) is 8.72. The number of para-hydroxylation sites is 2. The van der Waals surface area contributed by atoms with Crippen molar-refractivity contribution in [2.24, 2.45) is 0 Å². The van der Waals surface area contributed by atoms with E-state index >= 15 is 0 Å². The summed E-state index contributed by atoms with van der Waals surface area (Å²) in [6, 6.07) is 24.7. The van der Waals surface area contributed by atoms with Crippen LogP contribution in [0.15, 0.2) is 85.1 Å². The van der Waals surface area contributed by atoms with Gasteiger partial charge in [0.25, 0.3) is 0 Å². The standard InChI is InChI=1S/C23H21NO4/c1-26-16-21(23(25)27-2)20-13-6-7-14-22(20)28-19-12-8-11-18(15-19)24-17-9-4-3-5-10-17/h3-16,24H,1-2H3. The first kappa shape index (κ1) is 19.0. The van der Waals surface area contributed by atoms with Crippen LogP contribution in [0.25, 0.3) is 5.57 Å². The molecule has 3 aromatic carbocycles. The van der Waals surface area contributed by atoms with Crippen LogP contribution in [-0.4, -0.2) is 20.2 Å². The molecular formula is C23H21NO4. The van der Waals surface area contributed by atoms with E-state index in [0.29, 0.717) is 17.1 Å². The Morgan fingerprint density at radius 1 is 0.857 bits per heavy atom. The lowest BCUT2D eigenvalue weighted by Crippen LogP contribution is -2.05. The summed E-state index contributed by atoms with van der Waals surface area (Å²) in [5.74, 6) is 0.653. The van der Waals surface area contributed by atoms with E-state index in [-0.39, 0.29) is 5.57 Å². The molecule has 0 aliphatic carbocycles. The van der Waals surface area contributed by atoms with Crippen LogP contribution in [0.2, 0.25) is 0 Å². The number of hydrogen-bond acceptors (Lipinski definition) is 5. The molecular weight excluding hydrogens is 354 g/mol. The number of esters is 1. The normalized spacial score (nSPS) is 10.9. The van der Waals surface area contributed by atoms with Gasteiger partial charge >= 0.3 is 5.97 Å². The second kappa shape index (κ2) is 9.28. The van der Waals surface area contributed by atoms with Gasteiger partial charge in [-0.15, -0.1) is 0 Å². The highest BCUT2D eigenvalue weighted by atomic mass is 16.5. The fourth-order valence-electron chi connectivity index (χ4n) is 2.68. The predicted molar refractivity (Wildman–Crippen MR) is 110 cm³/mol. The highest BCUT2D eigenvalue weighted by Crippen LogP contribution is 2.32. The number of rotatable bonds is 7. The minimum absolute atomic E-state index is 0.277. The van der Waals surface area contributed by atoms with Gasteiger partial charge in [-0.1, -0.05) is 42.5 Å². The summed E-state index contributed by atoms with van der Waals surface area (Å²) in [7, 11) is 2.80. The number of anilines is 2. The molecule has 0 unspecified atom stereocenters. The number of methoxy groups -OCH3 is 2. The van der Waals surface area contributed by atoms with Gasteiger partial charge in [-0.2, -0.15) is 0 Å². The number of ether oxygens (including phenoxy) is 3.